The second kappa shape index (κ2) is 17.6. The highest BCUT2D eigenvalue weighted by atomic mass is 35.5. The van der Waals surface area contributed by atoms with Crippen LogP contribution >= 0.6 is 11.6 Å². The lowest BCUT2D eigenvalue weighted by Gasteiger charge is -2.32. The number of hydrogen-bond donors (Lipinski definition) is 1. The van der Waals surface area contributed by atoms with Crippen LogP contribution in [0.2, 0.25) is 5.02 Å². The summed E-state index contributed by atoms with van der Waals surface area (Å²) in [5.41, 5.74) is 5.82. The predicted molar refractivity (Wildman–Crippen MR) is 187 cm³/mol. The molecule has 1 N–H and O–H groups in total. The number of aryl methyl sites for hydroxylation is 1. The summed E-state index contributed by atoms with van der Waals surface area (Å²) < 4.78 is 19.0. The van der Waals surface area contributed by atoms with Gasteiger partial charge in [0.2, 0.25) is 0 Å². The first kappa shape index (κ1) is 34.9. The molecular weight excluding hydrogens is 624 g/mol. The molecule has 5 aromatic rings. The zero-order valence-electron chi connectivity index (χ0n) is 26.8. The Hall–Kier alpha value is -4.43. The van der Waals surface area contributed by atoms with Crippen LogP contribution in [0.4, 0.5) is 0 Å². The third-order valence-electron chi connectivity index (χ3n) is 8.00. The molecule has 3 unspecified atom stereocenters. The second-order valence-electron chi connectivity index (χ2n) is 11.7. The minimum atomic E-state index is -1.32. The number of rotatable bonds is 17. The Morgan fingerprint density at radius 3 is 1.65 bits per heavy atom. The van der Waals surface area contributed by atoms with E-state index in [9.17, 15) is 14.7 Å². The van der Waals surface area contributed by atoms with E-state index in [1.165, 1.54) is 0 Å². The number of aliphatic hydroxyl groups excluding tert-OH is 1. The molecule has 0 amide bonds. The van der Waals surface area contributed by atoms with Gasteiger partial charge in [-0.3, -0.25) is 9.59 Å². The standard InChI is InChI=1S/C41H39ClO6/c1-29-17-19-30(20-18-29)23-35-24-34(21-22-36(35)42)38(45)40(47-27-32-13-7-3-8-14-32)41(48-28-33-15-9-4-10-16-33)39(37(44)25-43)46-26-31-11-5-2-6-12-31/h2-22,24,39-41,43H,23,25-28H2,1H3. The Bertz CT molecular complexity index is 1740. The van der Waals surface area contributed by atoms with Crippen LogP contribution < -0.4 is 0 Å². The molecule has 0 radical (unpaired) electrons. The summed E-state index contributed by atoms with van der Waals surface area (Å²) in [4.78, 5) is 28.0. The SMILES string of the molecule is Cc1ccc(Cc2cc(C(=O)C(OCc3ccccc3)C(OCc3ccccc3)C(OCc3ccccc3)C(=O)CO)ccc2Cl)cc1. The van der Waals surface area contributed by atoms with E-state index >= 15 is 0 Å². The molecule has 0 saturated carbocycles. The predicted octanol–water partition coefficient (Wildman–Crippen LogP) is 7.74. The summed E-state index contributed by atoms with van der Waals surface area (Å²) in [5.74, 6) is -1.02. The Morgan fingerprint density at radius 1 is 0.625 bits per heavy atom. The van der Waals surface area contributed by atoms with E-state index in [0.717, 1.165) is 33.4 Å². The van der Waals surface area contributed by atoms with Gasteiger partial charge in [0.15, 0.2) is 11.6 Å². The minimum Gasteiger partial charge on any atom is -0.388 e. The summed E-state index contributed by atoms with van der Waals surface area (Å²) in [6.45, 7) is 1.44. The monoisotopic (exact) mass is 662 g/mol. The fraction of sp³-hybridized carbons (Fsp3) is 0.220. The maximum Gasteiger partial charge on any atom is 0.194 e. The lowest BCUT2D eigenvalue weighted by atomic mass is 9.94. The molecule has 0 bridgehead atoms. The van der Waals surface area contributed by atoms with Crippen molar-refractivity contribution in [3.8, 4) is 0 Å². The lowest BCUT2D eigenvalue weighted by Crippen LogP contribution is -2.50. The van der Waals surface area contributed by atoms with Gasteiger partial charge in [0, 0.05) is 10.6 Å². The number of halogens is 1. The topological polar surface area (TPSA) is 82.1 Å². The van der Waals surface area contributed by atoms with Crippen molar-refractivity contribution >= 4 is 23.2 Å². The van der Waals surface area contributed by atoms with Crippen molar-refractivity contribution in [2.24, 2.45) is 0 Å². The molecule has 7 heteroatoms. The molecular formula is C41H39ClO6. The second-order valence-corrected chi connectivity index (χ2v) is 12.1. The molecule has 0 aliphatic rings. The quantitative estimate of drug-likeness (QED) is 0.103. The number of benzene rings is 5. The lowest BCUT2D eigenvalue weighted by molar-refractivity contribution is -0.162. The number of Topliss-reactive ketones (excluding diaryl/α,β-unsaturated/α-hetero) is 2. The van der Waals surface area contributed by atoms with Gasteiger partial charge in [-0.2, -0.15) is 0 Å². The van der Waals surface area contributed by atoms with Crippen molar-refractivity contribution < 1.29 is 28.9 Å². The van der Waals surface area contributed by atoms with Crippen molar-refractivity contribution in [3.63, 3.8) is 0 Å². The van der Waals surface area contributed by atoms with Gasteiger partial charge < -0.3 is 19.3 Å². The van der Waals surface area contributed by atoms with Crippen LogP contribution in [0, 0.1) is 6.92 Å². The van der Waals surface area contributed by atoms with E-state index in [0.29, 0.717) is 17.0 Å². The maximum atomic E-state index is 14.6. The summed E-state index contributed by atoms with van der Waals surface area (Å²) in [7, 11) is 0. The molecule has 6 nitrogen and oxygen atoms in total. The normalized spacial score (nSPS) is 13.1. The van der Waals surface area contributed by atoms with Gasteiger partial charge in [0.25, 0.3) is 0 Å². The van der Waals surface area contributed by atoms with E-state index in [4.69, 9.17) is 25.8 Å². The molecule has 0 fully saturated rings. The summed E-state index contributed by atoms with van der Waals surface area (Å²) in [6.07, 6.45) is -3.28. The first-order valence-corrected chi connectivity index (χ1v) is 16.3. The van der Waals surface area contributed by atoms with Crippen molar-refractivity contribution in [1.29, 1.82) is 0 Å². The summed E-state index contributed by atoms with van der Waals surface area (Å²) in [6, 6.07) is 41.5. The average molecular weight is 663 g/mol. The highest BCUT2D eigenvalue weighted by Crippen LogP contribution is 2.26. The molecule has 0 aromatic heterocycles. The van der Waals surface area contributed by atoms with Gasteiger partial charge in [0.05, 0.1) is 19.8 Å². The van der Waals surface area contributed by atoms with Crippen molar-refractivity contribution in [2.45, 2.75) is 51.5 Å². The average Bonchev–Trinajstić information content (AvgIpc) is 3.13. The number of carbonyl (C=O) groups is 2. The van der Waals surface area contributed by atoms with Crippen molar-refractivity contribution in [3.05, 3.63) is 177 Å². The van der Waals surface area contributed by atoms with Crippen molar-refractivity contribution in [2.75, 3.05) is 6.61 Å². The van der Waals surface area contributed by atoms with Gasteiger partial charge in [-0.05, 0) is 59.4 Å². The fourth-order valence-electron chi connectivity index (χ4n) is 5.35. The van der Waals surface area contributed by atoms with Crippen LogP contribution in [-0.4, -0.2) is 41.6 Å². The Labute approximate surface area is 286 Å². The third-order valence-corrected chi connectivity index (χ3v) is 8.37. The number of hydrogen-bond acceptors (Lipinski definition) is 6. The first-order valence-electron chi connectivity index (χ1n) is 15.9. The molecule has 3 atom stereocenters. The Kier molecular flexibility index (Phi) is 12.8. The number of ether oxygens (including phenoxy) is 3. The van der Waals surface area contributed by atoms with Gasteiger partial charge in [-0.15, -0.1) is 0 Å². The highest BCUT2D eigenvalue weighted by molar-refractivity contribution is 6.31. The largest absolute Gasteiger partial charge is 0.388 e. The first-order chi connectivity index (χ1) is 23.4. The van der Waals surface area contributed by atoms with Crippen LogP contribution in [0.3, 0.4) is 0 Å². The van der Waals surface area contributed by atoms with Crippen LogP contribution in [0.5, 0.6) is 0 Å². The number of ketones is 2. The fourth-order valence-corrected chi connectivity index (χ4v) is 5.54. The van der Waals surface area contributed by atoms with Gasteiger partial charge >= 0.3 is 0 Å². The molecule has 246 valence electrons. The third kappa shape index (κ3) is 9.80. The molecule has 0 spiro atoms. The number of carbonyl (C=O) groups excluding carboxylic acids is 2. The molecule has 0 heterocycles. The molecule has 5 aromatic carbocycles. The van der Waals surface area contributed by atoms with E-state index in [1.807, 2.05) is 122 Å². The molecule has 48 heavy (non-hydrogen) atoms. The van der Waals surface area contributed by atoms with Crippen molar-refractivity contribution in [1.82, 2.24) is 0 Å². The Balaban J connectivity index is 1.52. The Morgan fingerprint density at radius 2 is 1.12 bits per heavy atom. The molecule has 0 saturated heterocycles. The summed E-state index contributed by atoms with van der Waals surface area (Å²) in [5, 5.41) is 10.6. The van der Waals surface area contributed by atoms with Gasteiger partial charge in [-0.1, -0.05) is 132 Å². The zero-order chi connectivity index (χ0) is 33.7. The van der Waals surface area contributed by atoms with Crippen LogP contribution in [0.1, 0.15) is 43.7 Å². The van der Waals surface area contributed by atoms with Crippen LogP contribution in [0.25, 0.3) is 0 Å². The van der Waals surface area contributed by atoms with E-state index in [2.05, 4.69) is 0 Å². The van der Waals surface area contributed by atoms with Gasteiger partial charge in [-0.25, -0.2) is 0 Å². The highest BCUT2D eigenvalue weighted by Gasteiger charge is 2.41. The van der Waals surface area contributed by atoms with Crippen LogP contribution in [0.15, 0.2) is 133 Å². The van der Waals surface area contributed by atoms with Crippen LogP contribution in [-0.2, 0) is 45.2 Å². The van der Waals surface area contributed by atoms with Gasteiger partial charge in [0.1, 0.15) is 24.9 Å². The van der Waals surface area contributed by atoms with E-state index in [1.54, 1.807) is 18.2 Å². The van der Waals surface area contributed by atoms with E-state index < -0.39 is 36.5 Å². The van der Waals surface area contributed by atoms with E-state index in [-0.39, 0.29) is 19.8 Å². The molecule has 5 rings (SSSR count). The minimum absolute atomic E-state index is 0.0592. The summed E-state index contributed by atoms with van der Waals surface area (Å²) >= 11 is 6.63. The number of aliphatic hydroxyl groups is 1. The molecule has 0 aliphatic heterocycles. The smallest absolute Gasteiger partial charge is 0.194 e. The zero-order valence-corrected chi connectivity index (χ0v) is 27.6. The maximum absolute atomic E-state index is 14.6. The molecule has 0 aliphatic carbocycles.